The monoisotopic (exact) mass is 312 g/mol. The van der Waals surface area contributed by atoms with Gasteiger partial charge >= 0.3 is 7.60 Å². The fourth-order valence-corrected chi connectivity index (χ4v) is 3.69. The van der Waals surface area contributed by atoms with Crippen LogP contribution in [0.3, 0.4) is 0 Å². The number of nitrogens with zero attached hydrogens (tertiary/aromatic N) is 1. The van der Waals surface area contributed by atoms with E-state index in [2.05, 4.69) is 5.32 Å². The van der Waals surface area contributed by atoms with Gasteiger partial charge in [0.25, 0.3) is 0 Å². The molecule has 5 nitrogen and oxygen atoms in total. The van der Waals surface area contributed by atoms with E-state index in [1.807, 2.05) is 24.3 Å². The highest BCUT2D eigenvalue weighted by Crippen LogP contribution is 2.53. The van der Waals surface area contributed by atoms with E-state index in [4.69, 9.17) is 21.3 Å². The van der Waals surface area contributed by atoms with Crippen molar-refractivity contribution in [2.45, 2.75) is 19.5 Å². The van der Waals surface area contributed by atoms with Crippen LogP contribution in [0.5, 0.6) is 0 Å². The van der Waals surface area contributed by atoms with Crippen molar-refractivity contribution >= 4 is 30.5 Å². The van der Waals surface area contributed by atoms with Crippen molar-refractivity contribution < 1.29 is 13.6 Å². The van der Waals surface area contributed by atoms with Gasteiger partial charge in [0.15, 0.2) is 5.66 Å². The molecule has 1 atom stereocenters. The lowest BCUT2D eigenvalue weighted by Gasteiger charge is -2.22. The number of benzene rings is 1. The normalized spacial score (nSPS) is 12.4. The molecule has 0 aromatic heterocycles. The first-order chi connectivity index (χ1) is 9.57. The topological polar surface area (TPSA) is 71.3 Å². The molecule has 0 radical (unpaired) electrons. The summed E-state index contributed by atoms with van der Waals surface area (Å²) in [7, 11) is -3.59. The Morgan fingerprint density at radius 2 is 1.90 bits per heavy atom. The predicted octanol–water partition coefficient (Wildman–Crippen LogP) is 3.58. The van der Waals surface area contributed by atoms with Gasteiger partial charge < -0.3 is 14.4 Å². The second kappa shape index (κ2) is 8.13. The number of anilines is 1. The van der Waals surface area contributed by atoms with Crippen LogP contribution in [-0.2, 0) is 13.6 Å². The Labute approximate surface area is 124 Å². The van der Waals surface area contributed by atoms with Crippen molar-refractivity contribution in [3.8, 4) is 6.07 Å². The number of nitriles is 1. The molecule has 1 unspecified atom stereocenters. The van der Waals surface area contributed by atoms with Crippen molar-refractivity contribution in [2.75, 3.05) is 18.5 Å². The quantitative estimate of drug-likeness (QED) is 0.613. The molecule has 1 rings (SSSR count). The molecule has 0 heterocycles. The standard InChI is InChI=1S/C13H17N2O3PS/c1-3-17-19(16,18-4-2)12(10-14)13(20)15-11-8-6-5-7-9-11/h5-9,12H,3-4H2,1-2H3,(H,15,20). The second-order valence-electron chi connectivity index (χ2n) is 3.76. The summed E-state index contributed by atoms with van der Waals surface area (Å²) in [6, 6.07) is 11.0. The zero-order chi connectivity index (χ0) is 15.0. The zero-order valence-corrected chi connectivity index (χ0v) is 13.1. The van der Waals surface area contributed by atoms with Crippen molar-refractivity contribution in [2.24, 2.45) is 0 Å². The fourth-order valence-electron chi connectivity index (χ4n) is 1.55. The van der Waals surface area contributed by atoms with Crippen LogP contribution in [0.15, 0.2) is 30.3 Å². The third kappa shape index (κ3) is 4.39. The van der Waals surface area contributed by atoms with Crippen LogP contribution >= 0.6 is 19.8 Å². The predicted molar refractivity (Wildman–Crippen MR) is 82.9 cm³/mol. The van der Waals surface area contributed by atoms with Crippen LogP contribution in [0.1, 0.15) is 13.8 Å². The first-order valence-corrected chi connectivity index (χ1v) is 8.23. The Balaban J connectivity index is 2.91. The van der Waals surface area contributed by atoms with Crippen LogP contribution in [0.4, 0.5) is 5.69 Å². The average Bonchev–Trinajstić information content (AvgIpc) is 2.41. The maximum absolute atomic E-state index is 12.6. The Bertz CT molecular complexity index is 520. The SMILES string of the molecule is CCOP(=O)(OCC)C(C#N)C(=S)Nc1ccccc1. The summed E-state index contributed by atoms with van der Waals surface area (Å²) in [5.74, 6) is 0. The molecule has 0 saturated heterocycles. The Morgan fingerprint density at radius 1 is 1.35 bits per heavy atom. The first-order valence-electron chi connectivity index (χ1n) is 6.21. The number of hydrogen-bond acceptors (Lipinski definition) is 5. The molecule has 7 heteroatoms. The van der Waals surface area contributed by atoms with Crippen LogP contribution in [0.2, 0.25) is 0 Å². The lowest BCUT2D eigenvalue weighted by atomic mass is 10.3. The molecule has 108 valence electrons. The number of nitrogens with one attached hydrogen (secondary N) is 1. The van der Waals surface area contributed by atoms with Crippen LogP contribution < -0.4 is 5.32 Å². The number of rotatable bonds is 7. The summed E-state index contributed by atoms with van der Waals surface area (Å²) in [6.07, 6.45) is 0. The highest BCUT2D eigenvalue weighted by molar-refractivity contribution is 7.82. The van der Waals surface area contributed by atoms with Crippen molar-refractivity contribution in [1.29, 1.82) is 5.26 Å². The minimum Gasteiger partial charge on any atom is -0.348 e. The molecule has 20 heavy (non-hydrogen) atoms. The van der Waals surface area contributed by atoms with Gasteiger partial charge in [-0.2, -0.15) is 5.26 Å². The van der Waals surface area contributed by atoms with Crippen LogP contribution in [0, 0.1) is 11.3 Å². The van der Waals surface area contributed by atoms with E-state index in [1.165, 1.54) is 0 Å². The summed E-state index contributed by atoms with van der Waals surface area (Å²) in [4.78, 5) is 0.129. The van der Waals surface area contributed by atoms with Crippen LogP contribution in [0.25, 0.3) is 0 Å². The molecule has 0 spiro atoms. The minimum atomic E-state index is -3.59. The molecule has 1 aromatic carbocycles. The molecule has 0 aliphatic carbocycles. The maximum Gasteiger partial charge on any atom is 0.354 e. The van der Waals surface area contributed by atoms with Gasteiger partial charge in [0.2, 0.25) is 0 Å². The first kappa shape index (κ1) is 16.8. The molecular weight excluding hydrogens is 295 g/mol. The highest BCUT2D eigenvalue weighted by atomic mass is 32.1. The van der Waals surface area contributed by atoms with E-state index >= 15 is 0 Å². The highest BCUT2D eigenvalue weighted by Gasteiger charge is 2.39. The molecule has 0 aliphatic heterocycles. The van der Waals surface area contributed by atoms with Gasteiger partial charge in [0.1, 0.15) is 4.99 Å². The molecule has 1 N–H and O–H groups in total. The smallest absolute Gasteiger partial charge is 0.348 e. The Morgan fingerprint density at radius 3 is 2.35 bits per heavy atom. The average molecular weight is 312 g/mol. The van der Waals surface area contributed by atoms with Crippen molar-refractivity contribution in [3.05, 3.63) is 30.3 Å². The van der Waals surface area contributed by atoms with Gasteiger partial charge in [0.05, 0.1) is 19.3 Å². The molecule has 0 amide bonds. The summed E-state index contributed by atoms with van der Waals surface area (Å²) < 4.78 is 22.9. The van der Waals surface area contributed by atoms with Gasteiger partial charge in [-0.3, -0.25) is 4.57 Å². The molecule has 0 saturated carbocycles. The Hall–Kier alpha value is -1.25. The van der Waals surface area contributed by atoms with Crippen molar-refractivity contribution in [3.63, 3.8) is 0 Å². The maximum atomic E-state index is 12.6. The number of hydrogen-bond donors (Lipinski definition) is 1. The van der Waals surface area contributed by atoms with E-state index in [-0.39, 0.29) is 18.2 Å². The molecule has 1 aromatic rings. The molecule has 0 aliphatic rings. The van der Waals surface area contributed by atoms with Gasteiger partial charge in [0, 0.05) is 5.69 Å². The van der Waals surface area contributed by atoms with E-state index in [9.17, 15) is 9.83 Å². The summed E-state index contributed by atoms with van der Waals surface area (Å²) in [5.41, 5.74) is -0.407. The third-order valence-corrected chi connectivity index (χ3v) is 5.10. The van der Waals surface area contributed by atoms with E-state index in [1.54, 1.807) is 26.0 Å². The van der Waals surface area contributed by atoms with Crippen LogP contribution in [-0.4, -0.2) is 23.9 Å². The third-order valence-electron chi connectivity index (χ3n) is 2.35. The number of thiocarbonyl (C=S) groups is 1. The van der Waals surface area contributed by atoms with E-state index in [0.29, 0.717) is 0 Å². The summed E-state index contributed by atoms with van der Waals surface area (Å²) in [5, 5.41) is 12.1. The molecular formula is C13H17N2O3PS. The van der Waals surface area contributed by atoms with Gasteiger partial charge in [-0.15, -0.1) is 0 Å². The van der Waals surface area contributed by atoms with E-state index in [0.717, 1.165) is 5.69 Å². The second-order valence-corrected chi connectivity index (χ2v) is 6.31. The van der Waals surface area contributed by atoms with Gasteiger partial charge in [-0.1, -0.05) is 30.4 Å². The largest absolute Gasteiger partial charge is 0.354 e. The van der Waals surface area contributed by atoms with Gasteiger partial charge in [-0.25, -0.2) is 0 Å². The van der Waals surface area contributed by atoms with E-state index < -0.39 is 13.3 Å². The summed E-state index contributed by atoms with van der Waals surface area (Å²) in [6.45, 7) is 3.74. The lowest BCUT2D eigenvalue weighted by Crippen LogP contribution is -2.26. The van der Waals surface area contributed by atoms with Gasteiger partial charge in [-0.05, 0) is 26.0 Å². The minimum absolute atomic E-state index is 0.129. The van der Waals surface area contributed by atoms with Crippen molar-refractivity contribution in [1.82, 2.24) is 0 Å². The number of para-hydroxylation sites is 1. The molecule has 0 bridgehead atoms. The Kier molecular flexibility index (Phi) is 6.83. The molecule has 0 fully saturated rings. The zero-order valence-electron chi connectivity index (χ0n) is 11.4. The summed E-state index contributed by atoms with van der Waals surface area (Å²) >= 11 is 5.17. The lowest BCUT2D eigenvalue weighted by molar-refractivity contribution is 0.220. The fraction of sp³-hybridized carbons (Fsp3) is 0.385.